The highest BCUT2D eigenvalue weighted by atomic mass is 32.2. The Bertz CT molecular complexity index is 1030. The van der Waals surface area contributed by atoms with Crippen LogP contribution >= 0.6 is 11.8 Å². The van der Waals surface area contributed by atoms with Crippen LogP contribution in [0.2, 0.25) is 0 Å². The number of nitrogens with zero attached hydrogens (tertiary/aromatic N) is 5. The summed E-state index contributed by atoms with van der Waals surface area (Å²) in [6.07, 6.45) is 1.61. The van der Waals surface area contributed by atoms with Crippen molar-refractivity contribution in [2.75, 3.05) is 11.1 Å². The fourth-order valence-electron chi connectivity index (χ4n) is 2.35. The molecule has 8 nitrogen and oxygen atoms in total. The second kappa shape index (κ2) is 7.83. The van der Waals surface area contributed by atoms with E-state index in [0.717, 1.165) is 11.3 Å². The Kier molecular flexibility index (Phi) is 4.93. The topological polar surface area (TPSA) is 98.7 Å². The average Bonchev–Trinajstić information content (AvgIpc) is 3.37. The van der Waals surface area contributed by atoms with Gasteiger partial charge in [0.05, 0.1) is 5.75 Å². The number of anilines is 1. The van der Waals surface area contributed by atoms with Crippen LogP contribution in [0.3, 0.4) is 0 Å². The number of benzene rings is 2. The number of aromatic nitrogens is 5. The van der Waals surface area contributed by atoms with Crippen molar-refractivity contribution in [2.24, 2.45) is 0 Å². The van der Waals surface area contributed by atoms with Crippen molar-refractivity contribution in [2.45, 2.75) is 5.16 Å². The quantitative estimate of drug-likeness (QED) is 0.515. The van der Waals surface area contributed by atoms with E-state index in [1.807, 2.05) is 65.2 Å². The van der Waals surface area contributed by atoms with Gasteiger partial charge in [-0.1, -0.05) is 53.3 Å². The van der Waals surface area contributed by atoms with Crippen LogP contribution in [-0.4, -0.2) is 36.6 Å². The van der Waals surface area contributed by atoms with Gasteiger partial charge >= 0.3 is 6.01 Å². The molecular weight excluding hydrogens is 364 g/mol. The summed E-state index contributed by atoms with van der Waals surface area (Å²) in [5.41, 5.74) is 1.71. The molecule has 0 unspecified atom stereocenters. The molecule has 0 radical (unpaired) electrons. The third-order valence-corrected chi connectivity index (χ3v) is 4.52. The summed E-state index contributed by atoms with van der Waals surface area (Å²) < 4.78 is 7.29. The Hall–Kier alpha value is -3.46. The molecular formula is C18H14N6O2S. The van der Waals surface area contributed by atoms with Gasteiger partial charge in [0.25, 0.3) is 0 Å². The van der Waals surface area contributed by atoms with Gasteiger partial charge in [-0.25, -0.2) is 0 Å². The zero-order valence-corrected chi connectivity index (χ0v) is 14.8. The van der Waals surface area contributed by atoms with Gasteiger partial charge in [-0.05, 0) is 24.3 Å². The summed E-state index contributed by atoms with van der Waals surface area (Å²) in [4.78, 5) is 12.2. The standard InChI is InChI=1S/C18H14N6O2S/c25-15(20-17-22-21-16(26-17)13-7-3-1-4-8-13)11-27-18-23-19-12-24(18)14-9-5-2-6-10-14/h1-10,12H,11H2,(H,20,22,25). The normalized spacial score (nSPS) is 10.7. The van der Waals surface area contributed by atoms with E-state index in [4.69, 9.17) is 4.42 Å². The summed E-state index contributed by atoms with van der Waals surface area (Å²) in [6.45, 7) is 0. The van der Waals surface area contributed by atoms with Crippen molar-refractivity contribution in [3.63, 3.8) is 0 Å². The maximum atomic E-state index is 12.2. The van der Waals surface area contributed by atoms with E-state index < -0.39 is 0 Å². The third kappa shape index (κ3) is 4.04. The second-order valence-electron chi connectivity index (χ2n) is 5.43. The van der Waals surface area contributed by atoms with Crippen molar-refractivity contribution in [3.8, 4) is 17.1 Å². The first-order valence-electron chi connectivity index (χ1n) is 8.06. The molecule has 0 saturated carbocycles. The van der Waals surface area contributed by atoms with E-state index in [-0.39, 0.29) is 17.7 Å². The fourth-order valence-corrected chi connectivity index (χ4v) is 3.07. The zero-order chi connectivity index (χ0) is 18.5. The maximum Gasteiger partial charge on any atom is 0.322 e. The number of carbonyl (C=O) groups is 1. The molecule has 2 aromatic heterocycles. The van der Waals surface area contributed by atoms with Crippen LogP contribution in [0.4, 0.5) is 6.01 Å². The van der Waals surface area contributed by atoms with Crippen LogP contribution in [0.15, 0.2) is 76.6 Å². The van der Waals surface area contributed by atoms with Crippen LogP contribution in [0, 0.1) is 0 Å². The first-order valence-corrected chi connectivity index (χ1v) is 9.05. The zero-order valence-electron chi connectivity index (χ0n) is 14.0. The number of para-hydroxylation sites is 1. The molecule has 1 amide bonds. The molecule has 0 fully saturated rings. The Labute approximate surface area is 158 Å². The van der Waals surface area contributed by atoms with Gasteiger partial charge in [-0.3, -0.25) is 14.7 Å². The molecule has 1 N–H and O–H groups in total. The van der Waals surface area contributed by atoms with Gasteiger partial charge in [0.1, 0.15) is 6.33 Å². The van der Waals surface area contributed by atoms with E-state index in [9.17, 15) is 4.79 Å². The van der Waals surface area contributed by atoms with Gasteiger partial charge in [0.15, 0.2) is 5.16 Å². The highest BCUT2D eigenvalue weighted by Crippen LogP contribution is 2.21. The molecule has 0 atom stereocenters. The lowest BCUT2D eigenvalue weighted by Crippen LogP contribution is -2.14. The van der Waals surface area contributed by atoms with Crippen molar-refractivity contribution < 1.29 is 9.21 Å². The van der Waals surface area contributed by atoms with Crippen LogP contribution in [0.1, 0.15) is 0 Å². The fraction of sp³-hybridized carbons (Fsp3) is 0.0556. The molecule has 4 rings (SSSR count). The van der Waals surface area contributed by atoms with Gasteiger partial charge < -0.3 is 4.42 Å². The molecule has 2 aromatic carbocycles. The number of amides is 1. The predicted octanol–water partition coefficient (Wildman–Crippen LogP) is 3.05. The first-order chi connectivity index (χ1) is 13.3. The second-order valence-corrected chi connectivity index (χ2v) is 6.38. The van der Waals surface area contributed by atoms with Crippen LogP contribution in [0.25, 0.3) is 17.1 Å². The minimum absolute atomic E-state index is 0.0592. The summed E-state index contributed by atoms with van der Waals surface area (Å²) in [6, 6.07) is 19.1. The van der Waals surface area contributed by atoms with Crippen molar-refractivity contribution in [1.29, 1.82) is 0 Å². The van der Waals surface area contributed by atoms with E-state index >= 15 is 0 Å². The number of hydrogen-bond donors (Lipinski definition) is 1. The Morgan fingerprint density at radius 2 is 1.74 bits per heavy atom. The van der Waals surface area contributed by atoms with Crippen molar-refractivity contribution in [3.05, 3.63) is 67.0 Å². The molecule has 0 aliphatic heterocycles. The van der Waals surface area contributed by atoms with Crippen LogP contribution < -0.4 is 5.32 Å². The summed E-state index contributed by atoms with van der Waals surface area (Å²) in [7, 11) is 0. The van der Waals surface area contributed by atoms with E-state index in [2.05, 4.69) is 25.7 Å². The Morgan fingerprint density at radius 1 is 1.00 bits per heavy atom. The minimum Gasteiger partial charge on any atom is -0.403 e. The Morgan fingerprint density at radius 3 is 2.52 bits per heavy atom. The molecule has 2 heterocycles. The summed E-state index contributed by atoms with van der Waals surface area (Å²) in [5, 5.41) is 19.0. The van der Waals surface area contributed by atoms with Crippen molar-refractivity contribution in [1.82, 2.24) is 25.0 Å². The molecule has 4 aromatic rings. The summed E-state index contributed by atoms with van der Waals surface area (Å²) >= 11 is 1.27. The van der Waals surface area contributed by atoms with Crippen LogP contribution in [0.5, 0.6) is 0 Å². The molecule has 0 aliphatic carbocycles. The van der Waals surface area contributed by atoms with Gasteiger partial charge in [-0.2, -0.15) is 0 Å². The largest absolute Gasteiger partial charge is 0.403 e. The lowest BCUT2D eigenvalue weighted by Gasteiger charge is -2.05. The molecule has 9 heteroatoms. The van der Waals surface area contributed by atoms with Crippen LogP contribution in [-0.2, 0) is 4.79 Å². The van der Waals surface area contributed by atoms with Gasteiger partial charge in [0.2, 0.25) is 11.8 Å². The van der Waals surface area contributed by atoms with E-state index in [1.165, 1.54) is 11.8 Å². The molecule has 134 valence electrons. The highest BCUT2D eigenvalue weighted by Gasteiger charge is 2.13. The number of rotatable bonds is 6. The van der Waals surface area contributed by atoms with Gasteiger partial charge in [0, 0.05) is 11.3 Å². The molecule has 0 bridgehead atoms. The molecule has 0 saturated heterocycles. The highest BCUT2D eigenvalue weighted by molar-refractivity contribution is 7.99. The Balaban J connectivity index is 1.37. The maximum absolute atomic E-state index is 12.2. The predicted molar refractivity (Wildman–Crippen MR) is 100 cm³/mol. The first kappa shape index (κ1) is 17.0. The van der Waals surface area contributed by atoms with Crippen molar-refractivity contribution >= 4 is 23.7 Å². The lowest BCUT2D eigenvalue weighted by molar-refractivity contribution is -0.113. The third-order valence-electron chi connectivity index (χ3n) is 3.58. The van der Waals surface area contributed by atoms with E-state index in [0.29, 0.717) is 11.0 Å². The monoisotopic (exact) mass is 378 g/mol. The number of hydrogen-bond acceptors (Lipinski definition) is 7. The molecule has 0 spiro atoms. The number of carbonyl (C=O) groups excluding carboxylic acids is 1. The smallest absolute Gasteiger partial charge is 0.322 e. The average molecular weight is 378 g/mol. The lowest BCUT2D eigenvalue weighted by atomic mass is 10.2. The molecule has 27 heavy (non-hydrogen) atoms. The summed E-state index contributed by atoms with van der Waals surface area (Å²) in [5.74, 6) is 0.211. The molecule has 0 aliphatic rings. The van der Waals surface area contributed by atoms with E-state index in [1.54, 1.807) is 6.33 Å². The SMILES string of the molecule is O=C(CSc1nncn1-c1ccccc1)Nc1nnc(-c2ccccc2)o1. The number of thioether (sulfide) groups is 1. The minimum atomic E-state index is -0.272. The van der Waals surface area contributed by atoms with Gasteiger partial charge in [-0.15, -0.1) is 15.3 Å². The number of nitrogens with one attached hydrogen (secondary N) is 1.